The van der Waals surface area contributed by atoms with Gasteiger partial charge >= 0.3 is 0 Å². The Bertz CT molecular complexity index is 257. The van der Waals surface area contributed by atoms with Gasteiger partial charge in [0.1, 0.15) is 0 Å². The molecule has 1 aliphatic heterocycles. The molecule has 0 radical (unpaired) electrons. The molecule has 0 aliphatic carbocycles. The number of furan rings is 1. The van der Waals surface area contributed by atoms with Crippen molar-refractivity contribution in [3.63, 3.8) is 0 Å². The van der Waals surface area contributed by atoms with Gasteiger partial charge in [-0.15, -0.1) is 0 Å². The Morgan fingerprint density at radius 1 is 1.64 bits per heavy atom. The molecule has 0 saturated carbocycles. The fourth-order valence-electron chi connectivity index (χ4n) is 1.72. The number of hydrogen-bond donors (Lipinski definition) is 1. The minimum Gasteiger partial charge on any atom is -0.472 e. The first-order chi connectivity index (χ1) is 6.92. The van der Waals surface area contributed by atoms with E-state index in [4.69, 9.17) is 9.15 Å². The summed E-state index contributed by atoms with van der Waals surface area (Å²) in [5.41, 5.74) is 1.17. The van der Waals surface area contributed by atoms with Gasteiger partial charge in [-0.25, -0.2) is 0 Å². The molecule has 2 heterocycles. The standard InChI is InChI=1S/C10H15NO2S/c1-11-10(8-2-3-12-6-8)9-7-14-5-4-13-9/h2-3,6,9-11H,4-5,7H2,1H3. The number of hydrogen-bond acceptors (Lipinski definition) is 4. The number of rotatable bonds is 3. The lowest BCUT2D eigenvalue weighted by molar-refractivity contribution is 0.0487. The van der Waals surface area contributed by atoms with Crippen LogP contribution in [0.2, 0.25) is 0 Å². The first-order valence-corrected chi connectivity index (χ1v) is 5.96. The predicted molar refractivity (Wildman–Crippen MR) is 57.6 cm³/mol. The summed E-state index contributed by atoms with van der Waals surface area (Å²) < 4.78 is 10.8. The molecule has 2 atom stereocenters. The van der Waals surface area contributed by atoms with Gasteiger partial charge in [0, 0.05) is 17.1 Å². The number of ether oxygens (including phenoxy) is 1. The molecular formula is C10H15NO2S. The Morgan fingerprint density at radius 3 is 3.14 bits per heavy atom. The fraction of sp³-hybridized carbons (Fsp3) is 0.600. The van der Waals surface area contributed by atoms with Gasteiger partial charge < -0.3 is 14.5 Å². The van der Waals surface area contributed by atoms with Crippen LogP contribution in [0, 0.1) is 0 Å². The lowest BCUT2D eigenvalue weighted by Gasteiger charge is -2.29. The van der Waals surface area contributed by atoms with Gasteiger partial charge in [-0.1, -0.05) is 0 Å². The van der Waals surface area contributed by atoms with Crippen molar-refractivity contribution in [1.29, 1.82) is 0 Å². The largest absolute Gasteiger partial charge is 0.472 e. The Hall–Kier alpha value is -0.450. The maximum absolute atomic E-state index is 5.73. The summed E-state index contributed by atoms with van der Waals surface area (Å²) in [5, 5.41) is 3.28. The zero-order valence-corrected chi connectivity index (χ0v) is 9.05. The lowest BCUT2D eigenvalue weighted by atomic mass is 10.1. The van der Waals surface area contributed by atoms with E-state index < -0.39 is 0 Å². The van der Waals surface area contributed by atoms with Crippen LogP contribution in [0.5, 0.6) is 0 Å². The zero-order valence-electron chi connectivity index (χ0n) is 8.23. The predicted octanol–water partition coefficient (Wildman–Crippen LogP) is 1.67. The van der Waals surface area contributed by atoms with Crippen LogP contribution in [0.15, 0.2) is 23.0 Å². The molecule has 1 N–H and O–H groups in total. The zero-order chi connectivity index (χ0) is 9.80. The van der Waals surface area contributed by atoms with E-state index in [1.165, 1.54) is 5.56 Å². The molecule has 4 heteroatoms. The number of likely N-dealkylation sites (N-methyl/N-ethyl adjacent to an activating group) is 1. The van der Waals surface area contributed by atoms with Crippen molar-refractivity contribution in [3.05, 3.63) is 24.2 Å². The summed E-state index contributed by atoms with van der Waals surface area (Å²) in [6.07, 6.45) is 3.75. The summed E-state index contributed by atoms with van der Waals surface area (Å²) in [5.74, 6) is 2.16. The van der Waals surface area contributed by atoms with Crippen molar-refractivity contribution in [2.24, 2.45) is 0 Å². The molecule has 1 fully saturated rings. The molecule has 1 aromatic heterocycles. The summed E-state index contributed by atoms with van der Waals surface area (Å²) in [6.45, 7) is 0.853. The molecule has 2 rings (SSSR count). The Morgan fingerprint density at radius 2 is 2.57 bits per heavy atom. The number of nitrogens with one attached hydrogen (secondary N) is 1. The van der Waals surface area contributed by atoms with Gasteiger partial charge in [0.2, 0.25) is 0 Å². The fourth-order valence-corrected chi connectivity index (χ4v) is 2.62. The smallest absolute Gasteiger partial charge is 0.0951 e. The Kier molecular flexibility index (Phi) is 3.50. The second kappa shape index (κ2) is 4.87. The first-order valence-electron chi connectivity index (χ1n) is 4.80. The summed E-state index contributed by atoms with van der Waals surface area (Å²) in [6, 6.07) is 2.24. The highest BCUT2D eigenvalue weighted by Crippen LogP contribution is 2.25. The molecule has 3 nitrogen and oxygen atoms in total. The monoisotopic (exact) mass is 213 g/mol. The molecule has 0 bridgehead atoms. The van der Waals surface area contributed by atoms with E-state index >= 15 is 0 Å². The molecule has 0 amide bonds. The van der Waals surface area contributed by atoms with Crippen molar-refractivity contribution >= 4 is 11.8 Å². The van der Waals surface area contributed by atoms with Crippen LogP contribution in [-0.4, -0.2) is 31.3 Å². The van der Waals surface area contributed by atoms with Crippen LogP contribution in [0.25, 0.3) is 0 Å². The van der Waals surface area contributed by atoms with Gasteiger partial charge in [0.05, 0.1) is 31.3 Å². The van der Waals surface area contributed by atoms with Crippen LogP contribution < -0.4 is 5.32 Å². The van der Waals surface area contributed by atoms with Crippen molar-refractivity contribution in [3.8, 4) is 0 Å². The average Bonchev–Trinajstić information content (AvgIpc) is 2.74. The molecule has 78 valence electrons. The highest BCUT2D eigenvalue weighted by molar-refractivity contribution is 7.99. The van der Waals surface area contributed by atoms with E-state index in [9.17, 15) is 0 Å². The SMILES string of the molecule is CNC(c1ccoc1)C1CSCCO1. The Labute approximate surface area is 88.2 Å². The molecule has 0 aromatic carbocycles. The first kappa shape index (κ1) is 10.1. The topological polar surface area (TPSA) is 34.4 Å². The molecule has 1 aromatic rings. The van der Waals surface area contributed by atoms with Gasteiger partial charge in [-0.2, -0.15) is 11.8 Å². The highest BCUT2D eigenvalue weighted by Gasteiger charge is 2.25. The molecule has 2 unspecified atom stereocenters. The van der Waals surface area contributed by atoms with E-state index in [0.717, 1.165) is 18.1 Å². The molecular weight excluding hydrogens is 198 g/mol. The van der Waals surface area contributed by atoms with Crippen LogP contribution in [0.1, 0.15) is 11.6 Å². The summed E-state index contributed by atoms with van der Waals surface area (Å²) >= 11 is 1.95. The molecule has 1 aliphatic rings. The quantitative estimate of drug-likeness (QED) is 0.828. The molecule has 1 saturated heterocycles. The average molecular weight is 213 g/mol. The van der Waals surface area contributed by atoms with E-state index in [-0.39, 0.29) is 12.1 Å². The summed E-state index contributed by atoms with van der Waals surface area (Å²) in [4.78, 5) is 0. The van der Waals surface area contributed by atoms with Crippen molar-refractivity contribution in [2.75, 3.05) is 25.2 Å². The van der Waals surface area contributed by atoms with Crippen LogP contribution >= 0.6 is 11.8 Å². The van der Waals surface area contributed by atoms with Gasteiger partial charge in [0.15, 0.2) is 0 Å². The van der Waals surface area contributed by atoms with Crippen LogP contribution in [0.3, 0.4) is 0 Å². The van der Waals surface area contributed by atoms with Crippen molar-refractivity contribution < 1.29 is 9.15 Å². The second-order valence-corrected chi connectivity index (χ2v) is 4.46. The minimum absolute atomic E-state index is 0.251. The van der Waals surface area contributed by atoms with Crippen molar-refractivity contribution in [1.82, 2.24) is 5.32 Å². The number of thioether (sulfide) groups is 1. The maximum Gasteiger partial charge on any atom is 0.0951 e. The molecule has 0 spiro atoms. The van der Waals surface area contributed by atoms with Crippen LogP contribution in [-0.2, 0) is 4.74 Å². The van der Waals surface area contributed by atoms with Gasteiger partial charge in [-0.05, 0) is 13.1 Å². The third-order valence-electron chi connectivity index (χ3n) is 2.43. The second-order valence-electron chi connectivity index (χ2n) is 3.31. The maximum atomic E-state index is 5.73. The minimum atomic E-state index is 0.251. The van der Waals surface area contributed by atoms with E-state index in [0.29, 0.717) is 0 Å². The summed E-state index contributed by atoms with van der Waals surface area (Å²) in [7, 11) is 1.96. The Balaban J connectivity index is 2.04. The highest BCUT2D eigenvalue weighted by atomic mass is 32.2. The van der Waals surface area contributed by atoms with E-state index in [2.05, 4.69) is 5.32 Å². The third-order valence-corrected chi connectivity index (χ3v) is 3.45. The molecule has 14 heavy (non-hydrogen) atoms. The van der Waals surface area contributed by atoms with E-state index in [1.807, 2.05) is 24.9 Å². The van der Waals surface area contributed by atoms with E-state index in [1.54, 1.807) is 12.5 Å². The van der Waals surface area contributed by atoms with Crippen molar-refractivity contribution in [2.45, 2.75) is 12.1 Å². The van der Waals surface area contributed by atoms with Crippen LogP contribution in [0.4, 0.5) is 0 Å². The normalized spacial score (nSPS) is 24.8. The lowest BCUT2D eigenvalue weighted by Crippen LogP contribution is -2.36. The van der Waals surface area contributed by atoms with Gasteiger partial charge in [-0.3, -0.25) is 0 Å². The van der Waals surface area contributed by atoms with Gasteiger partial charge in [0.25, 0.3) is 0 Å². The third kappa shape index (κ3) is 2.13.